The van der Waals surface area contributed by atoms with E-state index in [-0.39, 0.29) is 49.3 Å². The standard InChI is InChI=1S/C38H41ClF3N3O5/c1-23(19-26-8-3-4-9-29(26)39)43-38(48)35-28(20-27-21-45(22-32(35)44-27)33(46)10-5-11-34(47)49-2)25-14-12-24(13-15-25)7-6-18-50-37-31(41)17-16-30(40)36(37)42/h3-4,8-9,12-17,23,27,32,44H,5-7,10-11,18-22H2,1-2H3,(H,43,48)/t23?,27-,32-/m1/s1. The molecule has 2 aliphatic heterocycles. The number of methoxy groups -OCH3 is 1. The van der Waals surface area contributed by atoms with Crippen LogP contribution in [0.5, 0.6) is 5.75 Å². The second-order valence-corrected chi connectivity index (χ2v) is 13.1. The minimum Gasteiger partial charge on any atom is -0.488 e. The van der Waals surface area contributed by atoms with Crippen molar-refractivity contribution < 1.29 is 37.0 Å². The highest BCUT2D eigenvalue weighted by Gasteiger charge is 2.39. The van der Waals surface area contributed by atoms with Gasteiger partial charge in [0.05, 0.1) is 19.8 Å². The highest BCUT2D eigenvalue weighted by molar-refractivity contribution is 6.31. The third kappa shape index (κ3) is 9.25. The lowest BCUT2D eigenvalue weighted by molar-refractivity contribution is -0.141. The van der Waals surface area contributed by atoms with Gasteiger partial charge in [-0.25, -0.2) is 8.78 Å². The molecule has 3 atom stereocenters. The van der Waals surface area contributed by atoms with Crippen molar-refractivity contribution in [2.24, 2.45) is 0 Å². The van der Waals surface area contributed by atoms with Crippen LogP contribution >= 0.6 is 11.6 Å². The van der Waals surface area contributed by atoms with E-state index < -0.39 is 29.2 Å². The van der Waals surface area contributed by atoms with Crippen LogP contribution in [0, 0.1) is 17.5 Å². The molecule has 50 heavy (non-hydrogen) atoms. The van der Waals surface area contributed by atoms with Gasteiger partial charge >= 0.3 is 5.97 Å². The van der Waals surface area contributed by atoms with Gasteiger partial charge in [-0.05, 0) is 79.5 Å². The monoisotopic (exact) mass is 711 g/mol. The van der Waals surface area contributed by atoms with Gasteiger partial charge in [0, 0.05) is 48.6 Å². The van der Waals surface area contributed by atoms with E-state index >= 15 is 0 Å². The van der Waals surface area contributed by atoms with E-state index in [9.17, 15) is 27.6 Å². The van der Waals surface area contributed by atoms with Crippen molar-refractivity contribution in [3.05, 3.63) is 105 Å². The first-order chi connectivity index (χ1) is 24.0. The summed E-state index contributed by atoms with van der Waals surface area (Å²) in [6.45, 7) is 2.70. The Morgan fingerprint density at radius 1 is 0.980 bits per heavy atom. The fraction of sp³-hybridized carbons (Fsp3) is 0.395. The Kier molecular flexibility index (Phi) is 12.6. The molecule has 0 saturated carbocycles. The van der Waals surface area contributed by atoms with Gasteiger partial charge in [-0.2, -0.15) is 4.39 Å². The molecular weight excluding hydrogens is 671 g/mol. The van der Waals surface area contributed by atoms with Crippen LogP contribution in [0.1, 0.15) is 55.7 Å². The third-order valence-electron chi connectivity index (χ3n) is 9.02. The van der Waals surface area contributed by atoms with Crippen molar-refractivity contribution >= 4 is 35.0 Å². The number of fused-ring (bicyclic) bond motifs is 2. The topological polar surface area (TPSA) is 97.0 Å². The lowest BCUT2D eigenvalue weighted by Gasteiger charge is -2.44. The summed E-state index contributed by atoms with van der Waals surface area (Å²) in [5.41, 5.74) is 4.22. The number of aryl methyl sites for hydroxylation is 1. The number of carbonyl (C=O) groups is 3. The number of nitrogens with one attached hydrogen (secondary N) is 2. The van der Waals surface area contributed by atoms with Crippen LogP contribution in [0.25, 0.3) is 5.57 Å². The Morgan fingerprint density at radius 2 is 1.72 bits per heavy atom. The van der Waals surface area contributed by atoms with Gasteiger partial charge < -0.3 is 25.0 Å². The molecule has 266 valence electrons. The Bertz CT molecular complexity index is 1740. The normalized spacial score (nSPS) is 17.7. The van der Waals surface area contributed by atoms with Crippen molar-refractivity contribution in [3.63, 3.8) is 0 Å². The number of hydrogen-bond acceptors (Lipinski definition) is 6. The maximum absolute atomic E-state index is 14.1. The highest BCUT2D eigenvalue weighted by atomic mass is 35.5. The Labute approximate surface area is 295 Å². The van der Waals surface area contributed by atoms with E-state index in [2.05, 4.69) is 10.6 Å². The molecule has 0 radical (unpaired) electrons. The molecule has 3 aromatic rings. The zero-order chi connectivity index (χ0) is 35.8. The van der Waals surface area contributed by atoms with Crippen LogP contribution in [-0.2, 0) is 32.0 Å². The van der Waals surface area contributed by atoms with Gasteiger partial charge in [0.15, 0.2) is 17.4 Å². The van der Waals surface area contributed by atoms with Crippen LogP contribution in [-0.4, -0.2) is 67.6 Å². The summed E-state index contributed by atoms with van der Waals surface area (Å²) in [6, 6.07) is 16.1. The molecule has 1 saturated heterocycles. The highest BCUT2D eigenvalue weighted by Crippen LogP contribution is 2.34. The summed E-state index contributed by atoms with van der Waals surface area (Å²) in [5, 5.41) is 7.34. The number of halogens is 4. The molecule has 5 rings (SSSR count). The lowest BCUT2D eigenvalue weighted by atomic mass is 9.82. The van der Waals surface area contributed by atoms with Crippen molar-refractivity contribution in [1.29, 1.82) is 0 Å². The fourth-order valence-electron chi connectivity index (χ4n) is 6.54. The minimum absolute atomic E-state index is 0.00612. The van der Waals surface area contributed by atoms with Gasteiger partial charge in [-0.3, -0.25) is 14.4 Å². The lowest BCUT2D eigenvalue weighted by Crippen LogP contribution is -2.62. The SMILES string of the molecule is COC(=O)CCCC(=O)N1C[C@H]2CC(c3ccc(CCCOc4c(F)ccc(F)c4F)cc3)=C(C(=O)NC(C)Cc3ccccc3Cl)[C@@H](C1)N2. The second kappa shape index (κ2) is 17.0. The molecule has 12 heteroatoms. The minimum atomic E-state index is -1.35. The second-order valence-electron chi connectivity index (χ2n) is 12.7. The average Bonchev–Trinajstić information content (AvgIpc) is 3.10. The third-order valence-corrected chi connectivity index (χ3v) is 9.39. The predicted molar refractivity (Wildman–Crippen MR) is 184 cm³/mol. The largest absolute Gasteiger partial charge is 0.488 e. The average molecular weight is 712 g/mol. The molecule has 2 heterocycles. The number of benzene rings is 3. The van der Waals surface area contributed by atoms with E-state index in [1.54, 1.807) is 4.90 Å². The smallest absolute Gasteiger partial charge is 0.305 e. The van der Waals surface area contributed by atoms with E-state index in [0.29, 0.717) is 61.9 Å². The predicted octanol–water partition coefficient (Wildman–Crippen LogP) is 6.19. The molecule has 0 aromatic heterocycles. The number of carbonyl (C=O) groups excluding carboxylic acids is 3. The van der Waals surface area contributed by atoms with Crippen molar-refractivity contribution in [1.82, 2.24) is 15.5 Å². The van der Waals surface area contributed by atoms with Crippen molar-refractivity contribution in [3.8, 4) is 5.75 Å². The molecule has 8 nitrogen and oxygen atoms in total. The van der Waals surface area contributed by atoms with Crippen LogP contribution in [0.3, 0.4) is 0 Å². The quantitative estimate of drug-likeness (QED) is 0.118. The number of piperazine rings is 1. The Balaban J connectivity index is 1.31. The summed E-state index contributed by atoms with van der Waals surface area (Å²) in [5.74, 6) is -4.87. The number of ether oxygens (including phenoxy) is 2. The molecule has 2 N–H and O–H groups in total. The molecule has 1 fully saturated rings. The summed E-state index contributed by atoms with van der Waals surface area (Å²) in [7, 11) is 1.32. The van der Waals surface area contributed by atoms with E-state index in [4.69, 9.17) is 21.1 Å². The molecule has 2 aliphatic rings. The van der Waals surface area contributed by atoms with Crippen LogP contribution in [0.15, 0.2) is 66.2 Å². The first kappa shape index (κ1) is 36.9. The summed E-state index contributed by atoms with van der Waals surface area (Å²) in [6.07, 6.45) is 2.79. The van der Waals surface area contributed by atoms with Crippen LogP contribution in [0.4, 0.5) is 13.2 Å². The van der Waals surface area contributed by atoms with Gasteiger partial charge in [0.25, 0.3) is 0 Å². The zero-order valence-electron chi connectivity index (χ0n) is 28.1. The summed E-state index contributed by atoms with van der Waals surface area (Å²) in [4.78, 5) is 40.6. The number of hydrogen-bond donors (Lipinski definition) is 2. The van der Waals surface area contributed by atoms with E-state index in [1.165, 1.54) is 7.11 Å². The maximum Gasteiger partial charge on any atom is 0.305 e. The van der Waals surface area contributed by atoms with Gasteiger partial charge in [-0.15, -0.1) is 0 Å². The summed E-state index contributed by atoms with van der Waals surface area (Å²) < 4.78 is 51.2. The molecule has 1 unspecified atom stereocenters. The zero-order valence-corrected chi connectivity index (χ0v) is 28.8. The number of amides is 2. The Hall–Kier alpha value is -4.35. The number of esters is 1. The Morgan fingerprint density at radius 3 is 2.46 bits per heavy atom. The van der Waals surface area contributed by atoms with Crippen LogP contribution < -0.4 is 15.4 Å². The van der Waals surface area contributed by atoms with Gasteiger partial charge in [-0.1, -0.05) is 54.1 Å². The molecule has 0 aliphatic carbocycles. The van der Waals surface area contributed by atoms with Crippen LogP contribution in [0.2, 0.25) is 5.02 Å². The number of nitrogens with zero attached hydrogens (tertiary/aromatic N) is 1. The number of rotatable bonds is 14. The first-order valence-electron chi connectivity index (χ1n) is 16.8. The van der Waals surface area contributed by atoms with E-state index in [0.717, 1.165) is 28.3 Å². The van der Waals surface area contributed by atoms with E-state index in [1.807, 2.05) is 55.5 Å². The molecule has 3 aromatic carbocycles. The van der Waals surface area contributed by atoms with Gasteiger partial charge in [0.1, 0.15) is 0 Å². The molecule has 2 bridgehead atoms. The van der Waals surface area contributed by atoms with Gasteiger partial charge in [0.2, 0.25) is 17.6 Å². The van der Waals surface area contributed by atoms with Crippen molar-refractivity contribution in [2.45, 2.75) is 70.0 Å². The molecular formula is C38H41ClF3N3O5. The molecule has 0 spiro atoms. The maximum atomic E-state index is 14.1. The molecule has 2 amide bonds. The summed E-state index contributed by atoms with van der Waals surface area (Å²) >= 11 is 6.39. The fourth-order valence-corrected chi connectivity index (χ4v) is 6.76. The first-order valence-corrected chi connectivity index (χ1v) is 17.1. The van der Waals surface area contributed by atoms with Crippen molar-refractivity contribution in [2.75, 3.05) is 26.8 Å².